The monoisotopic (exact) mass is 402 g/mol. The van der Waals surface area contributed by atoms with Gasteiger partial charge in [0, 0.05) is 0 Å². The Labute approximate surface area is 169 Å². The van der Waals surface area contributed by atoms with Gasteiger partial charge in [-0.1, -0.05) is 36.4 Å². The molecule has 0 spiro atoms. The lowest BCUT2D eigenvalue weighted by Crippen LogP contribution is -2.57. The van der Waals surface area contributed by atoms with Crippen molar-refractivity contribution < 1.29 is 34.3 Å². The van der Waals surface area contributed by atoms with Crippen LogP contribution in [0, 0.1) is 6.92 Å². The van der Waals surface area contributed by atoms with E-state index in [-0.39, 0.29) is 6.61 Å². The average molecular weight is 402 g/mol. The van der Waals surface area contributed by atoms with Gasteiger partial charge < -0.3 is 29.5 Å². The summed E-state index contributed by atoms with van der Waals surface area (Å²) in [4.78, 5) is 12.5. The zero-order valence-electron chi connectivity index (χ0n) is 16.4. The van der Waals surface area contributed by atoms with Gasteiger partial charge in [-0.15, -0.1) is 0 Å². The summed E-state index contributed by atoms with van der Waals surface area (Å²) in [5.74, 6) is -0.0516. The van der Waals surface area contributed by atoms with Crippen LogP contribution in [0.1, 0.15) is 28.4 Å². The summed E-state index contributed by atoms with van der Waals surface area (Å²) in [7, 11) is 0. The lowest BCUT2D eigenvalue weighted by atomic mass is 9.96. The fourth-order valence-electron chi connectivity index (χ4n) is 3.16. The molecule has 156 valence electrons. The van der Waals surface area contributed by atoms with Gasteiger partial charge in [-0.05, 0) is 37.1 Å². The first kappa shape index (κ1) is 21.3. The summed E-state index contributed by atoms with van der Waals surface area (Å²) in [6, 6.07) is 14.8. The highest BCUT2D eigenvalue weighted by molar-refractivity contribution is 5.91. The molecule has 1 saturated heterocycles. The van der Waals surface area contributed by atoms with Gasteiger partial charge in [0.15, 0.2) is 0 Å². The van der Waals surface area contributed by atoms with Gasteiger partial charge in [0.05, 0.1) is 11.7 Å². The number of benzene rings is 2. The van der Waals surface area contributed by atoms with Crippen LogP contribution in [0.2, 0.25) is 0 Å². The molecule has 0 aliphatic carbocycles. The van der Waals surface area contributed by atoms with Gasteiger partial charge >= 0.3 is 5.97 Å². The Hall–Kier alpha value is -2.45. The third kappa shape index (κ3) is 5.13. The SMILES string of the molecule is Cc1ccc(OCc2ccccc2)cc1C(=O)OC[C@H]1OC(C)[C@H](O)[C@@H](O)[C@H]1O. The zero-order chi connectivity index (χ0) is 21.0. The first-order chi connectivity index (χ1) is 13.9. The van der Waals surface area contributed by atoms with E-state index in [2.05, 4.69) is 0 Å². The summed E-state index contributed by atoms with van der Waals surface area (Å²) in [5, 5.41) is 29.6. The van der Waals surface area contributed by atoms with Crippen LogP contribution in [0.5, 0.6) is 5.75 Å². The molecule has 0 amide bonds. The summed E-state index contributed by atoms with van der Waals surface area (Å²) in [5.41, 5.74) is 2.07. The van der Waals surface area contributed by atoms with Gasteiger partial charge in [0.2, 0.25) is 0 Å². The number of ether oxygens (including phenoxy) is 3. The molecule has 5 atom stereocenters. The molecule has 29 heavy (non-hydrogen) atoms. The van der Waals surface area contributed by atoms with Crippen LogP contribution in [-0.2, 0) is 16.1 Å². The molecule has 1 aliphatic rings. The highest BCUT2D eigenvalue weighted by Gasteiger charge is 2.42. The van der Waals surface area contributed by atoms with Crippen LogP contribution in [0.4, 0.5) is 0 Å². The van der Waals surface area contributed by atoms with E-state index in [0.29, 0.717) is 17.9 Å². The van der Waals surface area contributed by atoms with Crippen molar-refractivity contribution in [3.63, 3.8) is 0 Å². The third-order valence-corrected chi connectivity index (χ3v) is 5.01. The lowest BCUT2D eigenvalue weighted by molar-refractivity contribution is -0.224. The second-order valence-electron chi connectivity index (χ2n) is 7.20. The van der Waals surface area contributed by atoms with Crippen molar-refractivity contribution >= 4 is 5.97 Å². The number of rotatable bonds is 6. The molecule has 2 aromatic carbocycles. The van der Waals surface area contributed by atoms with E-state index in [1.54, 1.807) is 32.0 Å². The van der Waals surface area contributed by atoms with E-state index < -0.39 is 36.5 Å². The summed E-state index contributed by atoms with van der Waals surface area (Å²) in [6.07, 6.45) is -5.52. The Balaban J connectivity index is 1.61. The van der Waals surface area contributed by atoms with Crippen LogP contribution >= 0.6 is 0 Å². The largest absolute Gasteiger partial charge is 0.489 e. The van der Waals surface area contributed by atoms with E-state index in [0.717, 1.165) is 11.1 Å². The third-order valence-electron chi connectivity index (χ3n) is 5.01. The molecule has 1 unspecified atom stereocenters. The maximum atomic E-state index is 12.5. The number of aliphatic hydroxyl groups excluding tert-OH is 3. The number of esters is 1. The fourth-order valence-corrected chi connectivity index (χ4v) is 3.16. The second kappa shape index (κ2) is 9.37. The minimum atomic E-state index is -1.36. The molecule has 0 aromatic heterocycles. The minimum absolute atomic E-state index is 0.247. The van der Waals surface area contributed by atoms with Crippen molar-refractivity contribution in [2.75, 3.05) is 6.61 Å². The maximum absolute atomic E-state index is 12.5. The van der Waals surface area contributed by atoms with Crippen molar-refractivity contribution in [3.05, 3.63) is 65.2 Å². The molecule has 0 radical (unpaired) electrons. The Morgan fingerprint density at radius 3 is 2.48 bits per heavy atom. The molecule has 7 nitrogen and oxygen atoms in total. The normalized spacial score (nSPS) is 26.7. The quantitative estimate of drug-likeness (QED) is 0.630. The molecule has 1 aliphatic heterocycles. The van der Waals surface area contributed by atoms with Gasteiger partial charge in [-0.25, -0.2) is 4.79 Å². The van der Waals surface area contributed by atoms with Crippen LogP contribution in [-0.4, -0.2) is 58.4 Å². The highest BCUT2D eigenvalue weighted by atomic mass is 16.6. The van der Waals surface area contributed by atoms with Crippen molar-refractivity contribution in [2.45, 2.75) is 51.0 Å². The zero-order valence-corrected chi connectivity index (χ0v) is 16.4. The number of hydrogen-bond donors (Lipinski definition) is 3. The molecule has 2 aromatic rings. The molecule has 3 rings (SSSR count). The van der Waals surface area contributed by atoms with Gasteiger partial charge in [-0.2, -0.15) is 0 Å². The standard InChI is InChI=1S/C22H26O7/c1-13-8-9-16(27-11-15-6-4-3-5-7-15)10-17(13)22(26)28-12-18-20(24)21(25)19(23)14(2)29-18/h3-10,14,18-21,23-25H,11-12H2,1-2H3/t14?,18-,19+,20+,21-/m1/s1. The number of hydrogen-bond acceptors (Lipinski definition) is 7. The number of aliphatic hydroxyl groups is 3. The van der Waals surface area contributed by atoms with E-state index in [9.17, 15) is 20.1 Å². The number of aryl methyl sites for hydroxylation is 1. The van der Waals surface area contributed by atoms with Gasteiger partial charge in [0.25, 0.3) is 0 Å². The molecule has 1 fully saturated rings. The fraction of sp³-hybridized carbons (Fsp3) is 0.409. The predicted octanol–water partition coefficient (Wildman–Crippen LogP) is 1.60. The van der Waals surface area contributed by atoms with Gasteiger partial charge in [0.1, 0.15) is 43.4 Å². The molecule has 0 bridgehead atoms. The van der Waals surface area contributed by atoms with Gasteiger partial charge in [-0.3, -0.25) is 0 Å². The first-order valence-electron chi connectivity index (χ1n) is 9.51. The molecule has 0 saturated carbocycles. The topological polar surface area (TPSA) is 105 Å². The highest BCUT2D eigenvalue weighted by Crippen LogP contribution is 2.23. The molecular weight excluding hydrogens is 376 g/mol. The number of carbonyl (C=O) groups excluding carboxylic acids is 1. The van der Waals surface area contributed by atoms with Crippen LogP contribution in [0.25, 0.3) is 0 Å². The predicted molar refractivity (Wildman–Crippen MR) is 105 cm³/mol. The van der Waals surface area contributed by atoms with Crippen LogP contribution < -0.4 is 4.74 Å². The minimum Gasteiger partial charge on any atom is -0.489 e. The smallest absolute Gasteiger partial charge is 0.338 e. The van der Waals surface area contributed by atoms with E-state index >= 15 is 0 Å². The average Bonchev–Trinajstić information content (AvgIpc) is 2.73. The molecule has 7 heteroatoms. The van der Waals surface area contributed by atoms with Crippen molar-refractivity contribution in [3.8, 4) is 5.75 Å². The Morgan fingerprint density at radius 1 is 1.03 bits per heavy atom. The van der Waals surface area contributed by atoms with Crippen LogP contribution in [0.3, 0.4) is 0 Å². The summed E-state index contributed by atoms with van der Waals surface area (Å²) in [6.45, 7) is 3.49. The second-order valence-corrected chi connectivity index (χ2v) is 7.20. The Morgan fingerprint density at radius 2 is 1.76 bits per heavy atom. The molecule has 3 N–H and O–H groups in total. The van der Waals surface area contributed by atoms with E-state index in [1.807, 2.05) is 30.3 Å². The maximum Gasteiger partial charge on any atom is 0.338 e. The van der Waals surface area contributed by atoms with Crippen LogP contribution in [0.15, 0.2) is 48.5 Å². The van der Waals surface area contributed by atoms with E-state index in [1.165, 1.54) is 0 Å². The Kier molecular flexibility index (Phi) is 6.87. The summed E-state index contributed by atoms with van der Waals surface area (Å²) >= 11 is 0. The van der Waals surface area contributed by atoms with Crippen molar-refractivity contribution in [1.82, 2.24) is 0 Å². The lowest BCUT2D eigenvalue weighted by Gasteiger charge is -2.39. The van der Waals surface area contributed by atoms with Crippen molar-refractivity contribution in [2.24, 2.45) is 0 Å². The summed E-state index contributed by atoms with van der Waals surface area (Å²) < 4.78 is 16.5. The van der Waals surface area contributed by atoms with Crippen molar-refractivity contribution in [1.29, 1.82) is 0 Å². The Bertz CT molecular complexity index is 823. The molecule has 1 heterocycles. The first-order valence-corrected chi connectivity index (χ1v) is 9.51. The van der Waals surface area contributed by atoms with E-state index in [4.69, 9.17) is 14.2 Å². The molecular formula is C22H26O7. The number of carbonyl (C=O) groups is 1.